The van der Waals surface area contributed by atoms with Crippen LogP contribution in [0.15, 0.2) is 22.9 Å². The number of hydrogen-bond acceptors (Lipinski definition) is 6. The van der Waals surface area contributed by atoms with Crippen molar-refractivity contribution in [2.45, 2.75) is 12.2 Å². The van der Waals surface area contributed by atoms with Crippen LogP contribution in [-0.4, -0.2) is 44.1 Å². The molecule has 0 spiro atoms. The Morgan fingerprint density at radius 2 is 2.10 bits per heavy atom. The lowest BCUT2D eigenvalue weighted by molar-refractivity contribution is -0.128. The second-order valence-electron chi connectivity index (χ2n) is 4.75. The molecule has 2 rings (SSSR count). The number of thiazole rings is 1. The predicted octanol–water partition coefficient (Wildman–Crippen LogP) is 2.26. The molecule has 0 aliphatic carbocycles. The minimum atomic E-state index is -3.32. The van der Waals surface area contributed by atoms with Crippen LogP contribution < -0.4 is 0 Å². The van der Waals surface area contributed by atoms with Crippen molar-refractivity contribution in [3.05, 3.63) is 28.6 Å². The van der Waals surface area contributed by atoms with E-state index in [4.69, 9.17) is 0 Å². The van der Waals surface area contributed by atoms with Crippen LogP contribution >= 0.6 is 22.7 Å². The zero-order valence-electron chi connectivity index (χ0n) is 11.8. The molecule has 0 saturated carbocycles. The van der Waals surface area contributed by atoms with Gasteiger partial charge in [-0.25, -0.2) is 13.4 Å². The highest BCUT2D eigenvalue weighted by Crippen LogP contribution is 2.28. The van der Waals surface area contributed by atoms with E-state index in [1.165, 1.54) is 16.2 Å². The quantitative estimate of drug-likeness (QED) is 0.806. The lowest BCUT2D eigenvalue weighted by atomic mass is 10.4. The summed E-state index contributed by atoms with van der Waals surface area (Å²) in [4.78, 5) is 18.2. The summed E-state index contributed by atoms with van der Waals surface area (Å²) in [5, 5.41) is 4.56. The van der Waals surface area contributed by atoms with E-state index in [9.17, 15) is 13.2 Å². The third-order valence-electron chi connectivity index (χ3n) is 2.78. The highest BCUT2D eigenvalue weighted by Gasteiger charge is 2.17. The molecule has 0 bridgehead atoms. The Kier molecular flexibility index (Phi) is 5.13. The molecule has 0 aliphatic heterocycles. The van der Waals surface area contributed by atoms with Crippen LogP contribution in [0.4, 0.5) is 0 Å². The van der Waals surface area contributed by atoms with E-state index < -0.39 is 9.84 Å². The van der Waals surface area contributed by atoms with E-state index in [2.05, 4.69) is 4.98 Å². The van der Waals surface area contributed by atoms with Crippen molar-refractivity contribution in [1.82, 2.24) is 9.88 Å². The molecular weight excluding hydrogens is 328 g/mol. The average Bonchev–Trinajstić information content (AvgIpc) is 3.05. The summed E-state index contributed by atoms with van der Waals surface area (Å²) in [6.45, 7) is 0. The fourth-order valence-electron chi connectivity index (χ4n) is 1.65. The molecule has 0 saturated heterocycles. The zero-order chi connectivity index (χ0) is 15.5. The molecule has 0 radical (unpaired) electrons. The van der Waals surface area contributed by atoms with Crippen molar-refractivity contribution in [1.29, 1.82) is 0 Å². The van der Waals surface area contributed by atoms with Gasteiger partial charge in [0.25, 0.3) is 0 Å². The molecule has 2 heterocycles. The van der Waals surface area contributed by atoms with E-state index in [-0.39, 0.29) is 23.8 Å². The summed E-state index contributed by atoms with van der Waals surface area (Å²) < 4.78 is 24.0. The summed E-state index contributed by atoms with van der Waals surface area (Å²) in [5.41, 5.74) is 0.542. The summed E-state index contributed by atoms with van der Waals surface area (Å²) in [6, 6.07) is 3.89. The van der Waals surface area contributed by atoms with Gasteiger partial charge in [-0.1, -0.05) is 6.07 Å². The zero-order valence-corrected chi connectivity index (χ0v) is 14.2. The van der Waals surface area contributed by atoms with Gasteiger partial charge < -0.3 is 4.90 Å². The van der Waals surface area contributed by atoms with Crippen LogP contribution in [0.2, 0.25) is 0 Å². The SMILES string of the molecule is CN(C)C(=O)CCS(=O)(=O)Cc1csc(-c2cccs2)n1. The number of carbonyl (C=O) groups is 1. The lowest BCUT2D eigenvalue weighted by Gasteiger charge is -2.09. The Labute approximate surface area is 132 Å². The molecule has 8 heteroatoms. The predicted molar refractivity (Wildman–Crippen MR) is 86.2 cm³/mol. The van der Waals surface area contributed by atoms with E-state index >= 15 is 0 Å². The number of nitrogens with zero attached hydrogens (tertiary/aromatic N) is 2. The van der Waals surface area contributed by atoms with Crippen LogP contribution in [0.5, 0.6) is 0 Å². The molecule has 1 amide bonds. The van der Waals surface area contributed by atoms with Gasteiger partial charge in [0.2, 0.25) is 5.91 Å². The summed E-state index contributed by atoms with van der Waals surface area (Å²) in [5.74, 6) is -0.443. The highest BCUT2D eigenvalue weighted by molar-refractivity contribution is 7.90. The lowest BCUT2D eigenvalue weighted by Crippen LogP contribution is -2.24. The van der Waals surface area contributed by atoms with Gasteiger partial charge in [-0.2, -0.15) is 0 Å². The normalized spacial score (nSPS) is 11.5. The second-order valence-corrected chi connectivity index (χ2v) is 8.74. The van der Waals surface area contributed by atoms with Gasteiger partial charge in [-0.05, 0) is 11.4 Å². The first-order valence-corrected chi connectivity index (χ1v) is 9.84. The van der Waals surface area contributed by atoms with Gasteiger partial charge in [0.1, 0.15) is 5.01 Å². The van der Waals surface area contributed by atoms with Crippen LogP contribution in [0, 0.1) is 0 Å². The number of aromatic nitrogens is 1. The molecule has 0 unspecified atom stereocenters. The Morgan fingerprint density at radius 3 is 2.71 bits per heavy atom. The highest BCUT2D eigenvalue weighted by atomic mass is 32.2. The Bertz CT molecular complexity index is 703. The van der Waals surface area contributed by atoms with Crippen molar-refractivity contribution < 1.29 is 13.2 Å². The van der Waals surface area contributed by atoms with Crippen LogP contribution in [0.1, 0.15) is 12.1 Å². The number of sulfone groups is 1. The molecule has 0 aliphatic rings. The topological polar surface area (TPSA) is 67.3 Å². The minimum absolute atomic E-state index is 0.0112. The molecule has 0 N–H and O–H groups in total. The number of rotatable bonds is 6. The molecule has 0 fully saturated rings. The number of carbonyl (C=O) groups excluding carboxylic acids is 1. The number of thiophene rings is 1. The smallest absolute Gasteiger partial charge is 0.223 e. The maximum Gasteiger partial charge on any atom is 0.223 e. The fraction of sp³-hybridized carbons (Fsp3) is 0.385. The first-order valence-electron chi connectivity index (χ1n) is 6.26. The first-order chi connectivity index (χ1) is 9.87. The van der Waals surface area contributed by atoms with E-state index in [1.807, 2.05) is 17.5 Å². The van der Waals surface area contributed by atoms with Gasteiger partial charge in [0, 0.05) is 25.9 Å². The van der Waals surface area contributed by atoms with Crippen molar-refractivity contribution in [2.75, 3.05) is 19.8 Å². The molecule has 114 valence electrons. The molecule has 0 aromatic carbocycles. The van der Waals surface area contributed by atoms with Crippen molar-refractivity contribution in [3.63, 3.8) is 0 Å². The van der Waals surface area contributed by atoms with Crippen LogP contribution in [-0.2, 0) is 20.4 Å². The third kappa shape index (κ3) is 4.62. The second kappa shape index (κ2) is 6.67. The number of hydrogen-bond donors (Lipinski definition) is 0. The van der Waals surface area contributed by atoms with Gasteiger partial charge in [-0.3, -0.25) is 4.79 Å². The maximum absolute atomic E-state index is 12.0. The first kappa shape index (κ1) is 16.1. The van der Waals surface area contributed by atoms with Gasteiger partial charge >= 0.3 is 0 Å². The van der Waals surface area contributed by atoms with Crippen molar-refractivity contribution in [2.24, 2.45) is 0 Å². The molecular formula is C13H16N2O3S3. The molecule has 2 aromatic rings. The minimum Gasteiger partial charge on any atom is -0.349 e. The van der Waals surface area contributed by atoms with E-state index in [0.717, 1.165) is 9.88 Å². The van der Waals surface area contributed by atoms with Crippen LogP contribution in [0.25, 0.3) is 9.88 Å². The Balaban J connectivity index is 1.99. The van der Waals surface area contributed by atoms with Crippen LogP contribution in [0.3, 0.4) is 0 Å². The Morgan fingerprint density at radius 1 is 1.33 bits per heavy atom. The summed E-state index contributed by atoms with van der Waals surface area (Å²) in [6.07, 6.45) is 0.0112. The van der Waals surface area contributed by atoms with E-state index in [1.54, 1.807) is 30.8 Å². The molecule has 21 heavy (non-hydrogen) atoms. The average molecular weight is 344 g/mol. The summed E-state index contributed by atoms with van der Waals surface area (Å²) >= 11 is 3.01. The van der Waals surface area contributed by atoms with E-state index in [0.29, 0.717) is 5.69 Å². The fourth-order valence-corrected chi connectivity index (χ4v) is 4.62. The standard InChI is InChI=1S/C13H16N2O3S3/c1-15(2)12(16)5-7-21(17,18)9-10-8-20-13(14-10)11-4-3-6-19-11/h3-4,6,8H,5,7,9H2,1-2H3. The molecule has 0 atom stereocenters. The monoisotopic (exact) mass is 344 g/mol. The molecule has 2 aromatic heterocycles. The molecule has 5 nitrogen and oxygen atoms in total. The third-order valence-corrected chi connectivity index (χ3v) is 6.27. The Hall–Kier alpha value is -1.25. The maximum atomic E-state index is 12.0. The largest absolute Gasteiger partial charge is 0.349 e. The van der Waals surface area contributed by atoms with Gasteiger partial charge in [0.15, 0.2) is 9.84 Å². The van der Waals surface area contributed by atoms with Gasteiger partial charge in [-0.15, -0.1) is 22.7 Å². The van der Waals surface area contributed by atoms with Crippen molar-refractivity contribution in [3.8, 4) is 9.88 Å². The van der Waals surface area contributed by atoms with Crippen molar-refractivity contribution >= 4 is 38.4 Å². The summed E-state index contributed by atoms with van der Waals surface area (Å²) in [7, 11) is -0.0911. The van der Waals surface area contributed by atoms with Gasteiger partial charge in [0.05, 0.1) is 22.1 Å². The number of amides is 1.